The third-order valence-corrected chi connectivity index (χ3v) is 2.67. The predicted octanol–water partition coefficient (Wildman–Crippen LogP) is 2.19. The van der Waals surface area contributed by atoms with Gasteiger partial charge in [0.1, 0.15) is 0 Å². The number of carboxylic acid groups (broad SMARTS) is 1. The fourth-order valence-corrected chi connectivity index (χ4v) is 1.54. The normalized spacial score (nSPS) is 12.9. The number of carboxylic acids is 1. The summed E-state index contributed by atoms with van der Waals surface area (Å²) in [6.45, 7) is 5.45. The Kier molecular flexibility index (Phi) is 3.16. The van der Waals surface area contributed by atoms with E-state index in [0.717, 1.165) is 11.4 Å². The monoisotopic (exact) mass is 216 g/mol. The van der Waals surface area contributed by atoms with E-state index in [1.807, 2.05) is 13.8 Å². The summed E-state index contributed by atoms with van der Waals surface area (Å²) in [5.41, 5.74) is 1.55. The number of halogens is 1. The second kappa shape index (κ2) is 4.00. The average Bonchev–Trinajstić information content (AvgIpc) is 2.32. The molecule has 0 aliphatic rings. The molecule has 5 heteroatoms. The van der Waals surface area contributed by atoms with Crippen LogP contribution in [0.15, 0.2) is 0 Å². The highest BCUT2D eigenvalue weighted by atomic mass is 35.5. The van der Waals surface area contributed by atoms with Crippen molar-refractivity contribution < 1.29 is 9.90 Å². The Hall–Kier alpha value is -1.03. The summed E-state index contributed by atoms with van der Waals surface area (Å²) in [5.74, 6) is -0.832. The predicted molar refractivity (Wildman–Crippen MR) is 53.7 cm³/mol. The lowest BCUT2D eigenvalue weighted by Crippen LogP contribution is -2.13. The number of nitrogens with zero attached hydrogens (tertiary/aromatic N) is 2. The zero-order valence-corrected chi connectivity index (χ0v) is 9.17. The molecule has 0 spiro atoms. The van der Waals surface area contributed by atoms with Gasteiger partial charge in [-0.25, -0.2) is 0 Å². The average molecular weight is 217 g/mol. The molecular weight excluding hydrogens is 204 g/mol. The van der Waals surface area contributed by atoms with Crippen LogP contribution in [0.4, 0.5) is 0 Å². The van der Waals surface area contributed by atoms with Crippen molar-refractivity contribution in [2.24, 2.45) is 0 Å². The van der Waals surface area contributed by atoms with Crippen LogP contribution in [0.2, 0.25) is 5.02 Å². The van der Waals surface area contributed by atoms with Crippen LogP contribution < -0.4 is 0 Å². The maximum Gasteiger partial charge on any atom is 0.305 e. The second-order valence-corrected chi connectivity index (χ2v) is 3.75. The molecule has 1 N–H and O–H groups in total. The van der Waals surface area contributed by atoms with E-state index in [2.05, 4.69) is 5.10 Å². The molecule has 1 aromatic heterocycles. The minimum atomic E-state index is -0.832. The van der Waals surface area contributed by atoms with Crippen LogP contribution in [-0.4, -0.2) is 20.9 Å². The lowest BCUT2D eigenvalue weighted by atomic mass is 10.2. The SMILES string of the molecule is Cc1nn([C@@H](C)CC(=O)O)c(C)c1Cl. The molecule has 14 heavy (non-hydrogen) atoms. The van der Waals surface area contributed by atoms with Crippen LogP contribution in [0.5, 0.6) is 0 Å². The molecule has 4 nitrogen and oxygen atoms in total. The fourth-order valence-electron chi connectivity index (χ4n) is 1.41. The summed E-state index contributed by atoms with van der Waals surface area (Å²) in [6, 6.07) is -0.168. The lowest BCUT2D eigenvalue weighted by Gasteiger charge is -2.11. The van der Waals surface area contributed by atoms with Crippen molar-refractivity contribution in [3.05, 3.63) is 16.4 Å². The van der Waals surface area contributed by atoms with Gasteiger partial charge >= 0.3 is 5.97 Å². The third kappa shape index (κ3) is 2.07. The van der Waals surface area contributed by atoms with Crippen molar-refractivity contribution in [1.29, 1.82) is 0 Å². The molecule has 1 heterocycles. The van der Waals surface area contributed by atoms with Gasteiger partial charge < -0.3 is 5.11 Å². The highest BCUT2D eigenvalue weighted by Gasteiger charge is 2.16. The molecule has 1 rings (SSSR count). The Bertz CT molecular complexity index is 360. The van der Waals surface area contributed by atoms with Crippen LogP contribution in [0, 0.1) is 13.8 Å². The maximum absolute atomic E-state index is 10.5. The van der Waals surface area contributed by atoms with Crippen molar-refractivity contribution in [1.82, 2.24) is 9.78 Å². The Morgan fingerprint density at radius 2 is 2.21 bits per heavy atom. The first-order chi connectivity index (χ1) is 6.43. The number of hydrogen-bond donors (Lipinski definition) is 1. The summed E-state index contributed by atoms with van der Waals surface area (Å²) >= 11 is 5.95. The van der Waals surface area contributed by atoms with E-state index in [0.29, 0.717) is 5.02 Å². The summed E-state index contributed by atoms with van der Waals surface area (Å²) in [4.78, 5) is 10.5. The van der Waals surface area contributed by atoms with Gasteiger partial charge in [0.25, 0.3) is 0 Å². The molecule has 1 aromatic rings. The summed E-state index contributed by atoms with van der Waals surface area (Å²) in [5, 5.41) is 13.4. The Labute approximate surface area is 87.5 Å². The van der Waals surface area contributed by atoms with Crippen LogP contribution in [0.3, 0.4) is 0 Å². The number of aryl methyl sites for hydroxylation is 1. The van der Waals surface area contributed by atoms with Gasteiger partial charge in [0.15, 0.2) is 0 Å². The zero-order valence-electron chi connectivity index (χ0n) is 8.41. The van der Waals surface area contributed by atoms with Crippen molar-refractivity contribution in [2.75, 3.05) is 0 Å². The van der Waals surface area contributed by atoms with Crippen LogP contribution in [-0.2, 0) is 4.79 Å². The van der Waals surface area contributed by atoms with Crippen molar-refractivity contribution in [3.8, 4) is 0 Å². The maximum atomic E-state index is 10.5. The van der Waals surface area contributed by atoms with Crippen LogP contribution >= 0.6 is 11.6 Å². The molecule has 0 radical (unpaired) electrons. The molecule has 0 saturated heterocycles. The largest absolute Gasteiger partial charge is 0.481 e. The molecule has 0 aliphatic carbocycles. The van der Waals surface area contributed by atoms with Crippen molar-refractivity contribution in [2.45, 2.75) is 33.2 Å². The van der Waals surface area contributed by atoms with E-state index in [1.54, 1.807) is 11.6 Å². The zero-order chi connectivity index (χ0) is 10.9. The Balaban J connectivity index is 2.95. The summed E-state index contributed by atoms with van der Waals surface area (Å²) in [7, 11) is 0. The summed E-state index contributed by atoms with van der Waals surface area (Å²) in [6.07, 6.45) is 0.0539. The minimum Gasteiger partial charge on any atom is -0.481 e. The minimum absolute atomic E-state index is 0.0539. The third-order valence-electron chi connectivity index (χ3n) is 2.12. The van der Waals surface area contributed by atoms with Gasteiger partial charge in [0, 0.05) is 0 Å². The Morgan fingerprint density at radius 1 is 1.64 bits per heavy atom. The van der Waals surface area contributed by atoms with Gasteiger partial charge in [-0.1, -0.05) is 11.6 Å². The van der Waals surface area contributed by atoms with Gasteiger partial charge in [0.05, 0.1) is 28.9 Å². The highest BCUT2D eigenvalue weighted by molar-refractivity contribution is 6.31. The van der Waals surface area contributed by atoms with Gasteiger partial charge in [-0.05, 0) is 20.8 Å². The van der Waals surface area contributed by atoms with E-state index in [1.165, 1.54) is 0 Å². The Morgan fingerprint density at radius 3 is 2.57 bits per heavy atom. The molecule has 0 aliphatic heterocycles. The molecule has 78 valence electrons. The van der Waals surface area contributed by atoms with E-state index < -0.39 is 5.97 Å². The quantitative estimate of drug-likeness (QED) is 0.843. The summed E-state index contributed by atoms with van der Waals surface area (Å²) < 4.78 is 1.66. The first kappa shape index (κ1) is 11.0. The number of aromatic nitrogens is 2. The highest BCUT2D eigenvalue weighted by Crippen LogP contribution is 2.23. The van der Waals surface area contributed by atoms with Gasteiger partial charge in [-0.15, -0.1) is 0 Å². The van der Waals surface area contributed by atoms with Gasteiger partial charge in [-0.2, -0.15) is 5.10 Å². The topological polar surface area (TPSA) is 55.1 Å². The molecule has 1 atom stereocenters. The lowest BCUT2D eigenvalue weighted by molar-refractivity contribution is -0.137. The number of carbonyl (C=O) groups is 1. The van der Waals surface area contributed by atoms with E-state index in [9.17, 15) is 4.79 Å². The molecule has 0 amide bonds. The molecule has 0 fully saturated rings. The van der Waals surface area contributed by atoms with Crippen molar-refractivity contribution >= 4 is 17.6 Å². The molecule has 0 saturated carbocycles. The molecule has 0 unspecified atom stereocenters. The number of hydrogen-bond acceptors (Lipinski definition) is 2. The molecule has 0 aromatic carbocycles. The van der Waals surface area contributed by atoms with E-state index in [4.69, 9.17) is 16.7 Å². The number of rotatable bonds is 3. The van der Waals surface area contributed by atoms with E-state index >= 15 is 0 Å². The smallest absolute Gasteiger partial charge is 0.305 e. The first-order valence-corrected chi connectivity index (χ1v) is 4.74. The molecular formula is C9H13ClN2O2. The standard InChI is InChI=1S/C9H13ClN2O2/c1-5(4-8(13)14)12-7(3)9(10)6(2)11-12/h5H,4H2,1-3H3,(H,13,14)/t5-/m0/s1. The second-order valence-electron chi connectivity index (χ2n) is 3.38. The van der Waals surface area contributed by atoms with Crippen LogP contribution in [0.25, 0.3) is 0 Å². The van der Waals surface area contributed by atoms with Crippen LogP contribution in [0.1, 0.15) is 30.8 Å². The van der Waals surface area contributed by atoms with Gasteiger partial charge in [-0.3, -0.25) is 9.48 Å². The van der Waals surface area contributed by atoms with Crippen molar-refractivity contribution in [3.63, 3.8) is 0 Å². The van der Waals surface area contributed by atoms with Gasteiger partial charge in [0.2, 0.25) is 0 Å². The molecule has 0 bridgehead atoms. The first-order valence-electron chi connectivity index (χ1n) is 4.36. The van der Waals surface area contributed by atoms with E-state index in [-0.39, 0.29) is 12.5 Å². The number of aliphatic carboxylic acids is 1. The fraction of sp³-hybridized carbons (Fsp3) is 0.556.